The van der Waals surface area contributed by atoms with E-state index < -0.39 is 0 Å². The SMILES string of the molecule is O=C(c1ccc(=O)[nH]c1)N1CCC(Cn2cccn2)CC1. The first kappa shape index (κ1) is 13.6. The van der Waals surface area contributed by atoms with Crippen LogP contribution in [0.4, 0.5) is 0 Å². The van der Waals surface area contributed by atoms with E-state index >= 15 is 0 Å². The molecule has 1 N–H and O–H groups in total. The second-order valence-corrected chi connectivity index (χ2v) is 5.41. The van der Waals surface area contributed by atoms with Crippen molar-refractivity contribution >= 4 is 5.91 Å². The highest BCUT2D eigenvalue weighted by molar-refractivity contribution is 5.93. The summed E-state index contributed by atoms with van der Waals surface area (Å²) in [6.07, 6.45) is 7.21. The second-order valence-electron chi connectivity index (χ2n) is 5.41. The molecule has 110 valence electrons. The molecule has 0 aromatic carbocycles. The summed E-state index contributed by atoms with van der Waals surface area (Å²) in [7, 11) is 0. The summed E-state index contributed by atoms with van der Waals surface area (Å²) in [5.41, 5.74) is 0.351. The highest BCUT2D eigenvalue weighted by atomic mass is 16.2. The molecule has 1 amide bonds. The summed E-state index contributed by atoms with van der Waals surface area (Å²) in [6, 6.07) is 4.89. The Morgan fingerprint density at radius 3 is 2.76 bits per heavy atom. The van der Waals surface area contributed by atoms with E-state index in [1.54, 1.807) is 12.3 Å². The predicted molar refractivity (Wildman–Crippen MR) is 77.9 cm³/mol. The van der Waals surface area contributed by atoms with Crippen LogP contribution >= 0.6 is 0 Å². The summed E-state index contributed by atoms with van der Waals surface area (Å²) in [5.74, 6) is 0.549. The summed E-state index contributed by atoms with van der Waals surface area (Å²) in [4.78, 5) is 27.7. The van der Waals surface area contributed by atoms with Crippen LogP contribution in [0.3, 0.4) is 0 Å². The van der Waals surface area contributed by atoms with Crippen molar-refractivity contribution < 1.29 is 4.79 Å². The third-order valence-corrected chi connectivity index (χ3v) is 3.94. The van der Waals surface area contributed by atoms with Crippen molar-refractivity contribution in [1.82, 2.24) is 19.7 Å². The van der Waals surface area contributed by atoms with Gasteiger partial charge in [-0.2, -0.15) is 5.10 Å². The third kappa shape index (κ3) is 3.21. The number of carbonyl (C=O) groups is 1. The van der Waals surface area contributed by atoms with Crippen LogP contribution < -0.4 is 5.56 Å². The maximum atomic E-state index is 12.3. The fraction of sp³-hybridized carbons (Fsp3) is 0.400. The lowest BCUT2D eigenvalue weighted by Gasteiger charge is -2.32. The molecule has 2 aromatic rings. The Labute approximate surface area is 122 Å². The Kier molecular flexibility index (Phi) is 3.85. The number of likely N-dealkylation sites (tertiary alicyclic amines) is 1. The molecule has 1 aliphatic rings. The molecule has 0 aliphatic carbocycles. The van der Waals surface area contributed by atoms with Gasteiger partial charge in [0.25, 0.3) is 5.91 Å². The number of rotatable bonds is 3. The first-order valence-corrected chi connectivity index (χ1v) is 7.18. The molecule has 2 aromatic heterocycles. The second kappa shape index (κ2) is 5.95. The molecular formula is C15H18N4O2. The Morgan fingerprint density at radius 1 is 1.33 bits per heavy atom. The highest BCUT2D eigenvalue weighted by Crippen LogP contribution is 2.20. The van der Waals surface area contributed by atoms with E-state index in [9.17, 15) is 9.59 Å². The number of hydrogen-bond donors (Lipinski definition) is 1. The molecule has 21 heavy (non-hydrogen) atoms. The van der Waals surface area contributed by atoms with Crippen LogP contribution in [0.2, 0.25) is 0 Å². The van der Waals surface area contributed by atoms with Gasteiger partial charge in [-0.05, 0) is 30.9 Å². The number of amides is 1. The van der Waals surface area contributed by atoms with Crippen molar-refractivity contribution in [2.45, 2.75) is 19.4 Å². The number of carbonyl (C=O) groups excluding carboxylic acids is 1. The largest absolute Gasteiger partial charge is 0.339 e. The first-order chi connectivity index (χ1) is 10.2. The fourth-order valence-corrected chi connectivity index (χ4v) is 2.72. The molecule has 1 saturated heterocycles. The minimum absolute atomic E-state index is 0.0104. The van der Waals surface area contributed by atoms with Gasteiger partial charge in [-0.3, -0.25) is 14.3 Å². The summed E-state index contributed by atoms with van der Waals surface area (Å²) in [5, 5.41) is 4.22. The number of H-pyrrole nitrogens is 1. The first-order valence-electron chi connectivity index (χ1n) is 7.18. The smallest absolute Gasteiger partial charge is 0.255 e. The fourth-order valence-electron chi connectivity index (χ4n) is 2.72. The van der Waals surface area contributed by atoms with Gasteiger partial charge in [0.15, 0.2) is 0 Å². The summed E-state index contributed by atoms with van der Waals surface area (Å²) < 4.78 is 1.95. The van der Waals surface area contributed by atoms with Gasteiger partial charge in [0.2, 0.25) is 5.56 Å². The van der Waals surface area contributed by atoms with Crippen LogP contribution in [0.1, 0.15) is 23.2 Å². The molecule has 1 aliphatic heterocycles. The summed E-state index contributed by atoms with van der Waals surface area (Å²) in [6.45, 7) is 2.42. The maximum absolute atomic E-state index is 12.3. The molecule has 6 nitrogen and oxygen atoms in total. The van der Waals surface area contributed by atoms with Crippen LogP contribution in [0, 0.1) is 5.92 Å². The summed E-state index contributed by atoms with van der Waals surface area (Å²) >= 11 is 0. The Bertz CT molecular complexity index is 634. The molecule has 1 fully saturated rings. The van der Waals surface area contributed by atoms with Crippen LogP contribution in [0.15, 0.2) is 41.6 Å². The van der Waals surface area contributed by atoms with E-state index in [1.165, 1.54) is 12.3 Å². The number of aromatic nitrogens is 3. The zero-order valence-electron chi connectivity index (χ0n) is 11.7. The topological polar surface area (TPSA) is 71.0 Å². The van der Waals surface area contributed by atoms with Crippen molar-refractivity contribution in [2.75, 3.05) is 13.1 Å². The van der Waals surface area contributed by atoms with Crippen LogP contribution in [-0.2, 0) is 6.54 Å². The van der Waals surface area contributed by atoms with Gasteiger partial charge in [0, 0.05) is 44.3 Å². The van der Waals surface area contributed by atoms with Crippen LogP contribution in [-0.4, -0.2) is 38.7 Å². The van der Waals surface area contributed by atoms with Crippen molar-refractivity contribution in [1.29, 1.82) is 0 Å². The minimum Gasteiger partial charge on any atom is -0.339 e. The van der Waals surface area contributed by atoms with E-state index in [0.29, 0.717) is 11.5 Å². The molecular weight excluding hydrogens is 268 g/mol. The Morgan fingerprint density at radius 2 is 2.14 bits per heavy atom. The van der Waals surface area contributed by atoms with Crippen molar-refractivity contribution in [2.24, 2.45) is 5.92 Å². The van der Waals surface area contributed by atoms with Crippen molar-refractivity contribution in [3.8, 4) is 0 Å². The van der Waals surface area contributed by atoms with E-state index in [-0.39, 0.29) is 11.5 Å². The predicted octanol–water partition coefficient (Wildman–Crippen LogP) is 1.12. The zero-order chi connectivity index (χ0) is 14.7. The number of nitrogens with zero attached hydrogens (tertiary/aromatic N) is 3. The lowest BCUT2D eigenvalue weighted by atomic mass is 9.96. The van der Waals surface area contributed by atoms with Crippen molar-refractivity contribution in [3.63, 3.8) is 0 Å². The van der Waals surface area contributed by atoms with Gasteiger partial charge >= 0.3 is 0 Å². The maximum Gasteiger partial charge on any atom is 0.255 e. The van der Waals surface area contributed by atoms with Crippen LogP contribution in [0.5, 0.6) is 0 Å². The monoisotopic (exact) mass is 286 g/mol. The number of aromatic amines is 1. The van der Waals surface area contributed by atoms with Gasteiger partial charge in [0.05, 0.1) is 5.56 Å². The van der Waals surface area contributed by atoms with Gasteiger partial charge in [0.1, 0.15) is 0 Å². The Hall–Kier alpha value is -2.37. The lowest BCUT2D eigenvalue weighted by molar-refractivity contribution is 0.0681. The van der Waals surface area contributed by atoms with E-state index in [1.807, 2.05) is 21.8 Å². The normalized spacial score (nSPS) is 16.1. The molecule has 0 bridgehead atoms. The molecule has 0 unspecified atom stereocenters. The van der Waals surface area contributed by atoms with E-state index in [0.717, 1.165) is 32.5 Å². The average molecular weight is 286 g/mol. The molecule has 0 radical (unpaired) electrons. The minimum atomic E-state index is -0.190. The number of nitrogens with one attached hydrogen (secondary N) is 1. The molecule has 0 atom stereocenters. The molecule has 3 heterocycles. The standard InChI is InChI=1S/C15H18N4O2/c20-14-3-2-13(10-16-14)15(21)18-8-4-12(5-9-18)11-19-7-1-6-17-19/h1-3,6-7,10,12H,4-5,8-9,11H2,(H,16,20). The molecule has 6 heteroatoms. The highest BCUT2D eigenvalue weighted by Gasteiger charge is 2.23. The van der Waals surface area contributed by atoms with E-state index in [2.05, 4.69) is 10.1 Å². The number of pyridine rings is 1. The quantitative estimate of drug-likeness (QED) is 0.919. The van der Waals surface area contributed by atoms with Gasteiger partial charge in [-0.1, -0.05) is 0 Å². The molecule has 0 saturated carbocycles. The Balaban J connectivity index is 1.56. The van der Waals surface area contributed by atoms with Gasteiger partial charge < -0.3 is 9.88 Å². The van der Waals surface area contributed by atoms with E-state index in [4.69, 9.17) is 0 Å². The molecule has 0 spiro atoms. The number of piperidine rings is 1. The van der Waals surface area contributed by atoms with Gasteiger partial charge in [-0.25, -0.2) is 0 Å². The zero-order valence-corrected chi connectivity index (χ0v) is 11.7. The average Bonchev–Trinajstić information content (AvgIpc) is 3.01. The number of hydrogen-bond acceptors (Lipinski definition) is 3. The van der Waals surface area contributed by atoms with Gasteiger partial charge in [-0.15, -0.1) is 0 Å². The lowest BCUT2D eigenvalue weighted by Crippen LogP contribution is -2.39. The molecule has 3 rings (SSSR count). The van der Waals surface area contributed by atoms with Crippen molar-refractivity contribution in [3.05, 3.63) is 52.7 Å². The third-order valence-electron chi connectivity index (χ3n) is 3.94. The van der Waals surface area contributed by atoms with Crippen LogP contribution in [0.25, 0.3) is 0 Å².